The number of urea groups is 1. The molecule has 1 N–H and O–H groups in total. The molecule has 0 unspecified atom stereocenters. The highest BCUT2D eigenvalue weighted by Crippen LogP contribution is 2.27. The van der Waals surface area contributed by atoms with Crippen molar-refractivity contribution in [2.24, 2.45) is 5.92 Å². The number of pyridine rings is 1. The van der Waals surface area contributed by atoms with Crippen LogP contribution in [0.5, 0.6) is 5.75 Å². The number of carbonyl (C=O) groups excluding carboxylic acids is 2. The van der Waals surface area contributed by atoms with E-state index in [1.807, 2.05) is 41.4 Å². The molecule has 7 nitrogen and oxygen atoms in total. The highest BCUT2D eigenvalue weighted by molar-refractivity contribution is 5.90. The second-order valence-electron chi connectivity index (χ2n) is 9.47. The number of benzene rings is 1. The van der Waals surface area contributed by atoms with Gasteiger partial charge in [-0.3, -0.25) is 9.78 Å². The lowest BCUT2D eigenvalue weighted by molar-refractivity contribution is -0.133. The molecule has 0 atom stereocenters. The molecule has 2 fully saturated rings. The first-order valence-electron chi connectivity index (χ1n) is 12.0. The summed E-state index contributed by atoms with van der Waals surface area (Å²) in [6, 6.07) is 11.4. The number of likely N-dealkylation sites (tertiary alicyclic amines) is 2. The number of ether oxygens (including phenoxy) is 1. The molecule has 3 heterocycles. The van der Waals surface area contributed by atoms with Crippen LogP contribution < -0.4 is 10.1 Å². The summed E-state index contributed by atoms with van der Waals surface area (Å²) < 4.78 is 6.12. The number of nitrogens with one attached hydrogen (secondary N) is 1. The minimum atomic E-state index is -0.0849. The van der Waals surface area contributed by atoms with Crippen molar-refractivity contribution in [2.75, 3.05) is 31.5 Å². The van der Waals surface area contributed by atoms with Gasteiger partial charge in [0.1, 0.15) is 11.9 Å². The average molecular weight is 451 g/mol. The Hall–Kier alpha value is -3.09. The van der Waals surface area contributed by atoms with Gasteiger partial charge in [-0.15, -0.1) is 0 Å². The van der Waals surface area contributed by atoms with E-state index in [1.54, 1.807) is 11.1 Å². The number of anilines is 1. The maximum Gasteiger partial charge on any atom is 0.321 e. The summed E-state index contributed by atoms with van der Waals surface area (Å²) in [6.07, 6.45) is 7.02. The van der Waals surface area contributed by atoms with E-state index in [1.165, 1.54) is 5.56 Å². The van der Waals surface area contributed by atoms with E-state index >= 15 is 0 Å². The normalized spacial score (nSPS) is 17.1. The number of carbonyl (C=O) groups is 2. The van der Waals surface area contributed by atoms with E-state index in [9.17, 15) is 9.59 Å². The quantitative estimate of drug-likeness (QED) is 0.673. The highest BCUT2D eigenvalue weighted by atomic mass is 16.5. The molecular formula is C26H34N4O3. The largest absolute Gasteiger partial charge is 0.490 e. The Balaban J connectivity index is 1.18. The SMILES string of the molecule is CC(C)CCC(=O)N1CCC(Oc2ccc(NC(=O)N3CC(c4cccnc4)C3)cc2)CC1. The number of amides is 3. The number of nitrogens with zero attached hydrogens (tertiary/aromatic N) is 3. The summed E-state index contributed by atoms with van der Waals surface area (Å²) in [5.41, 5.74) is 1.93. The molecule has 0 bridgehead atoms. The van der Waals surface area contributed by atoms with Crippen LogP contribution >= 0.6 is 0 Å². The predicted octanol–water partition coefficient (Wildman–Crippen LogP) is 4.52. The van der Waals surface area contributed by atoms with E-state index in [0.29, 0.717) is 31.3 Å². The van der Waals surface area contributed by atoms with Crippen molar-refractivity contribution in [3.63, 3.8) is 0 Å². The molecule has 2 aliphatic rings. The Morgan fingerprint density at radius 3 is 2.45 bits per heavy atom. The molecule has 0 radical (unpaired) electrons. The smallest absolute Gasteiger partial charge is 0.321 e. The number of piperidine rings is 1. The monoisotopic (exact) mass is 450 g/mol. The molecule has 0 saturated carbocycles. The summed E-state index contributed by atoms with van der Waals surface area (Å²) >= 11 is 0. The van der Waals surface area contributed by atoms with Crippen LogP contribution in [0.3, 0.4) is 0 Å². The molecule has 2 aliphatic heterocycles. The third-order valence-electron chi connectivity index (χ3n) is 6.46. The molecular weight excluding hydrogens is 416 g/mol. The Morgan fingerprint density at radius 1 is 1.09 bits per heavy atom. The Morgan fingerprint density at radius 2 is 1.82 bits per heavy atom. The number of aromatic nitrogens is 1. The summed E-state index contributed by atoms with van der Waals surface area (Å²) in [7, 11) is 0. The summed E-state index contributed by atoms with van der Waals surface area (Å²) in [4.78, 5) is 32.7. The maximum absolute atomic E-state index is 12.5. The summed E-state index contributed by atoms with van der Waals surface area (Å²) in [5, 5.41) is 2.96. The van der Waals surface area contributed by atoms with Crippen LogP contribution in [-0.2, 0) is 4.79 Å². The number of hydrogen-bond donors (Lipinski definition) is 1. The summed E-state index contributed by atoms with van der Waals surface area (Å²) in [6.45, 7) is 7.22. The molecule has 3 amide bonds. The molecule has 33 heavy (non-hydrogen) atoms. The first kappa shape index (κ1) is 23.1. The zero-order valence-corrected chi connectivity index (χ0v) is 19.6. The molecule has 4 rings (SSSR count). The van der Waals surface area contributed by atoms with E-state index in [-0.39, 0.29) is 18.0 Å². The Kier molecular flexibility index (Phi) is 7.47. The molecule has 1 aromatic heterocycles. The van der Waals surface area contributed by atoms with Crippen LogP contribution in [0.1, 0.15) is 51.0 Å². The number of hydrogen-bond acceptors (Lipinski definition) is 4. The fourth-order valence-electron chi connectivity index (χ4n) is 4.28. The molecule has 7 heteroatoms. The number of rotatable bonds is 7. The zero-order chi connectivity index (χ0) is 23.2. The zero-order valence-electron chi connectivity index (χ0n) is 19.6. The second kappa shape index (κ2) is 10.7. The van der Waals surface area contributed by atoms with E-state index < -0.39 is 0 Å². The van der Waals surface area contributed by atoms with Gasteiger partial charge in [0.25, 0.3) is 0 Å². The van der Waals surface area contributed by atoms with Crippen molar-refractivity contribution in [2.45, 2.75) is 51.6 Å². The van der Waals surface area contributed by atoms with Gasteiger partial charge in [0.2, 0.25) is 5.91 Å². The summed E-state index contributed by atoms with van der Waals surface area (Å²) in [5.74, 6) is 1.96. The molecule has 0 aliphatic carbocycles. The van der Waals surface area contributed by atoms with Crippen LogP contribution in [0, 0.1) is 5.92 Å². The van der Waals surface area contributed by atoms with Crippen molar-refractivity contribution in [1.29, 1.82) is 0 Å². The second-order valence-corrected chi connectivity index (χ2v) is 9.47. The van der Waals surface area contributed by atoms with Gasteiger partial charge in [-0.05, 0) is 48.2 Å². The van der Waals surface area contributed by atoms with Gasteiger partial charge in [-0.2, -0.15) is 0 Å². The standard InChI is InChI=1S/C26H34N4O3/c1-19(2)5-10-25(31)29-14-11-24(12-15-29)33-23-8-6-22(7-9-23)28-26(32)30-17-21(18-30)20-4-3-13-27-16-20/h3-4,6-9,13,16,19,21,24H,5,10-12,14-15,17-18H2,1-2H3,(H,28,32). The van der Waals surface area contributed by atoms with Gasteiger partial charge in [-0.25, -0.2) is 4.79 Å². The minimum absolute atomic E-state index is 0.0849. The van der Waals surface area contributed by atoms with Gasteiger partial charge in [0, 0.05) is 69.4 Å². The molecule has 1 aromatic carbocycles. The maximum atomic E-state index is 12.5. The minimum Gasteiger partial charge on any atom is -0.490 e. The van der Waals surface area contributed by atoms with E-state index in [0.717, 1.165) is 43.8 Å². The lowest BCUT2D eigenvalue weighted by atomic mass is 9.93. The first-order valence-corrected chi connectivity index (χ1v) is 12.0. The molecule has 2 aromatic rings. The topological polar surface area (TPSA) is 74.8 Å². The first-order chi connectivity index (χ1) is 16.0. The van der Waals surface area contributed by atoms with Crippen molar-refractivity contribution < 1.29 is 14.3 Å². The van der Waals surface area contributed by atoms with Gasteiger partial charge in [0.15, 0.2) is 0 Å². The Bertz CT molecular complexity index is 918. The molecule has 2 saturated heterocycles. The van der Waals surface area contributed by atoms with Crippen LogP contribution in [0.25, 0.3) is 0 Å². The molecule has 176 valence electrons. The third kappa shape index (κ3) is 6.24. The van der Waals surface area contributed by atoms with Crippen LogP contribution in [-0.4, -0.2) is 59.0 Å². The van der Waals surface area contributed by atoms with Crippen molar-refractivity contribution in [1.82, 2.24) is 14.8 Å². The van der Waals surface area contributed by atoms with Crippen molar-refractivity contribution in [3.05, 3.63) is 54.4 Å². The highest BCUT2D eigenvalue weighted by Gasteiger charge is 2.31. The lowest BCUT2D eigenvalue weighted by Gasteiger charge is -2.39. The van der Waals surface area contributed by atoms with Crippen molar-refractivity contribution >= 4 is 17.6 Å². The van der Waals surface area contributed by atoms with E-state index in [2.05, 4.69) is 30.2 Å². The van der Waals surface area contributed by atoms with Crippen LogP contribution in [0.2, 0.25) is 0 Å². The fraction of sp³-hybridized carbons (Fsp3) is 0.500. The average Bonchev–Trinajstić information content (AvgIpc) is 2.79. The van der Waals surface area contributed by atoms with Gasteiger partial charge in [-0.1, -0.05) is 19.9 Å². The lowest BCUT2D eigenvalue weighted by Crippen LogP contribution is -2.50. The van der Waals surface area contributed by atoms with Gasteiger partial charge in [0.05, 0.1) is 0 Å². The van der Waals surface area contributed by atoms with E-state index in [4.69, 9.17) is 4.74 Å². The van der Waals surface area contributed by atoms with Crippen LogP contribution in [0.4, 0.5) is 10.5 Å². The molecule has 0 spiro atoms. The van der Waals surface area contributed by atoms with Gasteiger partial charge < -0.3 is 19.9 Å². The Labute approximate surface area is 196 Å². The predicted molar refractivity (Wildman–Crippen MR) is 128 cm³/mol. The third-order valence-corrected chi connectivity index (χ3v) is 6.46. The van der Waals surface area contributed by atoms with Crippen molar-refractivity contribution in [3.8, 4) is 5.75 Å². The van der Waals surface area contributed by atoms with Gasteiger partial charge >= 0.3 is 6.03 Å². The van der Waals surface area contributed by atoms with Crippen LogP contribution in [0.15, 0.2) is 48.8 Å². The fourth-order valence-corrected chi connectivity index (χ4v) is 4.28.